The number of alkyl halides is 3. The summed E-state index contributed by atoms with van der Waals surface area (Å²) in [5, 5.41) is 17.2. The third-order valence-corrected chi connectivity index (χ3v) is 5.62. The lowest BCUT2D eigenvalue weighted by atomic mass is 10.1. The number of hydrogen-bond donors (Lipinski definition) is 2. The van der Waals surface area contributed by atoms with Gasteiger partial charge in [0, 0.05) is 11.4 Å². The summed E-state index contributed by atoms with van der Waals surface area (Å²) in [6.45, 7) is 5.49. The Balaban J connectivity index is 2.33. The summed E-state index contributed by atoms with van der Waals surface area (Å²) in [6, 6.07) is 0.939. The van der Waals surface area contributed by atoms with Gasteiger partial charge in [-0.1, -0.05) is 12.1 Å². The highest BCUT2D eigenvalue weighted by Gasteiger charge is 2.33. The zero-order chi connectivity index (χ0) is 23.4. The van der Waals surface area contributed by atoms with Crippen LogP contribution in [0, 0.1) is 0 Å². The predicted molar refractivity (Wildman–Crippen MR) is 106 cm³/mol. The molecule has 0 amide bonds. The molecule has 172 valence electrons. The molecule has 9 nitrogen and oxygen atoms in total. The smallest absolute Gasteiger partial charge is 0.422 e. The van der Waals surface area contributed by atoms with Crippen molar-refractivity contribution in [3.8, 4) is 5.75 Å². The summed E-state index contributed by atoms with van der Waals surface area (Å²) < 4.78 is 57.8. The number of carboxylic acid groups (broad SMARTS) is 1. The molecule has 0 fully saturated rings. The number of halogens is 3. The van der Waals surface area contributed by atoms with Gasteiger partial charge < -0.3 is 14.4 Å². The first-order chi connectivity index (χ1) is 14.3. The average Bonchev–Trinajstić information content (AvgIpc) is 3.13. The molecule has 0 aliphatic rings. The van der Waals surface area contributed by atoms with Crippen LogP contribution in [0.5, 0.6) is 5.75 Å². The maximum atomic E-state index is 12.7. The third-order valence-electron chi connectivity index (χ3n) is 4.05. The lowest BCUT2D eigenvalue weighted by molar-refractivity contribution is -0.153. The van der Waals surface area contributed by atoms with E-state index in [2.05, 4.69) is 24.8 Å². The number of nitrogens with one attached hydrogen (secondary N) is 1. The van der Waals surface area contributed by atoms with Crippen molar-refractivity contribution in [3.05, 3.63) is 35.9 Å². The number of hydrogen-bond acceptors (Lipinski definition) is 7. The highest BCUT2D eigenvalue weighted by molar-refractivity contribution is 7.90. The average molecular weight is 463 g/mol. The van der Waals surface area contributed by atoms with Gasteiger partial charge in [0.05, 0.1) is 18.1 Å². The molecule has 13 heteroatoms. The number of nitrogens with zero attached hydrogens (tertiary/aromatic N) is 4. The summed E-state index contributed by atoms with van der Waals surface area (Å²) in [7, 11) is 0. The minimum absolute atomic E-state index is 0.0858. The van der Waals surface area contributed by atoms with Crippen molar-refractivity contribution in [2.45, 2.75) is 57.1 Å². The summed E-state index contributed by atoms with van der Waals surface area (Å²) in [5.41, 5.74) is 0.557. The predicted octanol–water partition coefficient (Wildman–Crippen LogP) is 2.79. The van der Waals surface area contributed by atoms with Gasteiger partial charge >= 0.3 is 12.1 Å². The Kier molecular flexibility index (Phi) is 7.89. The molecule has 0 aliphatic carbocycles. The normalized spacial score (nSPS) is 15.4. The van der Waals surface area contributed by atoms with Gasteiger partial charge in [-0.3, -0.25) is 4.98 Å². The monoisotopic (exact) mass is 463 g/mol. The Bertz CT molecular complexity index is 870. The van der Waals surface area contributed by atoms with Crippen molar-refractivity contribution >= 4 is 17.3 Å². The van der Waals surface area contributed by atoms with E-state index in [1.807, 2.05) is 0 Å². The molecule has 0 aliphatic heterocycles. The molecule has 2 unspecified atom stereocenters. The first kappa shape index (κ1) is 24.9. The molecule has 2 heterocycles. The standard InChI is InChI=1S/C18H24F3N5O4S/c1-5-14(16(27)28)26-9-13(23-25-26)15(24-31(29)17(2,3)4)12-7-6-11(8-22-12)30-10-18(19,20)21/h6-9,14-15,24H,5,10H2,1-4H3,(H,27,28)/t14?,15-,31?/m0/s1. The first-order valence-corrected chi connectivity index (χ1v) is 10.4. The molecular weight excluding hydrogens is 439 g/mol. The largest absolute Gasteiger partial charge is 0.598 e. The van der Waals surface area contributed by atoms with Gasteiger partial charge in [0.25, 0.3) is 0 Å². The van der Waals surface area contributed by atoms with Crippen molar-refractivity contribution in [3.63, 3.8) is 0 Å². The molecule has 2 N–H and O–H groups in total. The van der Waals surface area contributed by atoms with Gasteiger partial charge in [-0.05, 0) is 39.3 Å². The molecule has 2 aromatic rings. The summed E-state index contributed by atoms with van der Waals surface area (Å²) >= 11 is -1.56. The fraction of sp³-hybridized carbons (Fsp3) is 0.556. The number of aromatic nitrogens is 4. The Morgan fingerprint density at radius 1 is 1.32 bits per heavy atom. The Morgan fingerprint density at radius 3 is 2.48 bits per heavy atom. The summed E-state index contributed by atoms with van der Waals surface area (Å²) in [4.78, 5) is 15.5. The Hall–Kier alpha value is -2.38. The molecule has 2 aromatic heterocycles. The molecule has 0 saturated heterocycles. The highest BCUT2D eigenvalue weighted by atomic mass is 32.2. The van der Waals surface area contributed by atoms with Crippen LogP contribution >= 0.6 is 0 Å². The quantitative estimate of drug-likeness (QED) is 0.544. The first-order valence-electron chi connectivity index (χ1n) is 9.30. The van der Waals surface area contributed by atoms with Crippen LogP contribution in [0.4, 0.5) is 13.2 Å². The fourth-order valence-electron chi connectivity index (χ4n) is 2.42. The van der Waals surface area contributed by atoms with E-state index < -0.39 is 46.9 Å². The minimum Gasteiger partial charge on any atom is -0.598 e. The third kappa shape index (κ3) is 7.08. The number of ether oxygens (including phenoxy) is 1. The molecule has 0 radical (unpaired) electrons. The van der Waals surface area contributed by atoms with Gasteiger partial charge in [0.15, 0.2) is 12.6 Å². The second-order valence-electron chi connectivity index (χ2n) is 7.64. The van der Waals surface area contributed by atoms with E-state index >= 15 is 0 Å². The Morgan fingerprint density at radius 2 is 2.00 bits per heavy atom. The topological polar surface area (TPSA) is 125 Å². The van der Waals surface area contributed by atoms with E-state index in [1.54, 1.807) is 27.7 Å². The zero-order valence-corrected chi connectivity index (χ0v) is 18.2. The SMILES string of the molecule is CCC(C(=O)O)n1cc([C@@H](N[S+]([O-])C(C)(C)C)c2ccc(OCC(F)(F)F)cn2)nn1. The van der Waals surface area contributed by atoms with Crippen molar-refractivity contribution in [1.29, 1.82) is 0 Å². The highest BCUT2D eigenvalue weighted by Crippen LogP contribution is 2.26. The maximum absolute atomic E-state index is 12.7. The molecule has 0 bridgehead atoms. The molecule has 0 aromatic carbocycles. The van der Waals surface area contributed by atoms with Gasteiger partial charge in [0.2, 0.25) is 0 Å². The lowest BCUT2D eigenvalue weighted by Gasteiger charge is -2.27. The van der Waals surface area contributed by atoms with Crippen molar-refractivity contribution in [1.82, 2.24) is 24.7 Å². The molecule has 0 spiro atoms. The van der Waals surface area contributed by atoms with Crippen LogP contribution < -0.4 is 9.46 Å². The Labute approximate surface area is 180 Å². The molecular formula is C18H24F3N5O4S. The van der Waals surface area contributed by atoms with Gasteiger partial charge in [-0.15, -0.1) is 9.82 Å². The lowest BCUT2D eigenvalue weighted by Crippen LogP contribution is -2.42. The second kappa shape index (κ2) is 9.83. The van der Waals surface area contributed by atoms with Crippen LogP contribution in [0.3, 0.4) is 0 Å². The van der Waals surface area contributed by atoms with Gasteiger partial charge in [-0.2, -0.15) is 13.2 Å². The fourth-order valence-corrected chi connectivity index (χ4v) is 3.23. The van der Waals surface area contributed by atoms with Crippen LogP contribution in [-0.2, 0) is 16.2 Å². The van der Waals surface area contributed by atoms with Crippen LogP contribution in [-0.4, -0.2) is 53.1 Å². The van der Waals surface area contributed by atoms with E-state index in [1.165, 1.54) is 23.0 Å². The van der Waals surface area contributed by atoms with E-state index in [0.29, 0.717) is 5.69 Å². The van der Waals surface area contributed by atoms with E-state index in [9.17, 15) is 27.6 Å². The number of rotatable bonds is 9. The summed E-state index contributed by atoms with van der Waals surface area (Å²) in [6.07, 6.45) is -1.68. The molecule has 31 heavy (non-hydrogen) atoms. The number of aliphatic carboxylic acids is 1. The maximum Gasteiger partial charge on any atom is 0.422 e. The van der Waals surface area contributed by atoms with Crippen LogP contribution in [0.2, 0.25) is 0 Å². The van der Waals surface area contributed by atoms with Crippen LogP contribution in [0.1, 0.15) is 57.6 Å². The number of carbonyl (C=O) groups is 1. The summed E-state index contributed by atoms with van der Waals surface area (Å²) in [5.74, 6) is -1.16. The molecule has 3 atom stereocenters. The van der Waals surface area contributed by atoms with E-state index in [4.69, 9.17) is 0 Å². The van der Waals surface area contributed by atoms with Crippen molar-refractivity contribution in [2.75, 3.05) is 6.61 Å². The number of pyridine rings is 1. The van der Waals surface area contributed by atoms with Crippen molar-refractivity contribution < 1.29 is 32.4 Å². The van der Waals surface area contributed by atoms with Gasteiger partial charge in [0.1, 0.15) is 22.2 Å². The van der Waals surface area contributed by atoms with Crippen LogP contribution in [0.25, 0.3) is 0 Å². The van der Waals surface area contributed by atoms with E-state index in [-0.39, 0.29) is 17.9 Å². The van der Waals surface area contributed by atoms with E-state index in [0.717, 1.165) is 6.20 Å². The zero-order valence-electron chi connectivity index (χ0n) is 17.4. The van der Waals surface area contributed by atoms with Crippen molar-refractivity contribution in [2.24, 2.45) is 0 Å². The number of carboxylic acids is 1. The minimum atomic E-state index is -4.48. The van der Waals surface area contributed by atoms with Gasteiger partial charge in [-0.25, -0.2) is 9.48 Å². The molecule has 2 rings (SSSR count). The van der Waals surface area contributed by atoms with Crippen LogP contribution in [0.15, 0.2) is 24.5 Å². The molecule has 0 saturated carbocycles. The second-order valence-corrected chi connectivity index (χ2v) is 9.64.